The number of aromatic nitrogens is 4. The van der Waals surface area contributed by atoms with E-state index in [-0.39, 0.29) is 19.1 Å². The Labute approximate surface area is 225 Å². The Hall–Kier alpha value is -3.99. The zero-order chi connectivity index (χ0) is 27.9. The number of carbonyl (C=O) groups excluding carboxylic acids is 1. The van der Waals surface area contributed by atoms with Gasteiger partial charge in [0.05, 0.1) is 5.52 Å². The first-order chi connectivity index (χ1) is 18.9. The first kappa shape index (κ1) is 28.0. The van der Waals surface area contributed by atoms with Crippen LogP contribution in [0.4, 0.5) is 14.6 Å². The molecule has 0 aliphatic carbocycles. The summed E-state index contributed by atoms with van der Waals surface area (Å²) in [6.07, 6.45) is 4.44. The van der Waals surface area contributed by atoms with Crippen molar-refractivity contribution in [2.45, 2.75) is 45.6 Å². The minimum atomic E-state index is -0.470. The van der Waals surface area contributed by atoms with Gasteiger partial charge in [-0.2, -0.15) is 4.98 Å². The Morgan fingerprint density at radius 3 is 2.54 bits per heavy atom. The van der Waals surface area contributed by atoms with Crippen LogP contribution in [0.5, 0.6) is 0 Å². The molecule has 9 nitrogen and oxygen atoms in total. The van der Waals surface area contributed by atoms with Crippen LogP contribution in [0.2, 0.25) is 0 Å². The smallest absolute Gasteiger partial charge is 0.226 e. The highest BCUT2D eigenvalue weighted by atomic mass is 19.1. The third kappa shape index (κ3) is 6.36. The monoisotopic (exact) mass is 538 g/mol. The number of halogens is 2. The van der Waals surface area contributed by atoms with E-state index in [0.29, 0.717) is 65.2 Å². The molecule has 1 saturated heterocycles. The Morgan fingerprint density at radius 1 is 1.15 bits per heavy atom. The van der Waals surface area contributed by atoms with Crippen LogP contribution in [0.25, 0.3) is 22.0 Å². The first-order valence-electron chi connectivity index (χ1n) is 12.9. The lowest BCUT2D eigenvalue weighted by Gasteiger charge is -2.32. The maximum absolute atomic E-state index is 14.8. The standard InChI is InChI=1S/C26H26F2N6O2.C2H6O/c1-3-23-31-25(32-36-23)16-6-8-34(9-7-16)26-21-12-19(27)11-20(24(21)29-14-30-26)17-4-5-18(22(28)10-17)13-33(2)15-35;1-2-3/h4-5,10-12,14-16H,3,6-9,13H2,1-2H3;3H,2H2,1H3. The Balaban J connectivity index is 0.00000112. The van der Waals surface area contributed by atoms with E-state index in [9.17, 15) is 13.6 Å². The van der Waals surface area contributed by atoms with Crippen molar-refractivity contribution in [3.05, 3.63) is 65.6 Å². The van der Waals surface area contributed by atoms with Gasteiger partial charge >= 0.3 is 0 Å². The van der Waals surface area contributed by atoms with E-state index in [1.165, 1.54) is 29.4 Å². The molecular weight excluding hydrogens is 506 g/mol. The van der Waals surface area contributed by atoms with Crippen molar-refractivity contribution in [1.29, 1.82) is 0 Å². The molecule has 1 amide bonds. The summed E-state index contributed by atoms with van der Waals surface area (Å²) in [4.78, 5) is 27.7. The molecule has 0 radical (unpaired) electrons. The van der Waals surface area contributed by atoms with Gasteiger partial charge in [0.15, 0.2) is 5.82 Å². The van der Waals surface area contributed by atoms with E-state index >= 15 is 0 Å². The van der Waals surface area contributed by atoms with E-state index in [1.807, 2.05) is 6.92 Å². The molecule has 1 aliphatic heterocycles. The van der Waals surface area contributed by atoms with Gasteiger partial charge in [-0.15, -0.1) is 0 Å². The molecule has 0 unspecified atom stereocenters. The molecule has 1 N–H and O–H groups in total. The Kier molecular flexibility index (Phi) is 9.13. The van der Waals surface area contributed by atoms with Gasteiger partial charge in [-0.25, -0.2) is 18.7 Å². The minimum Gasteiger partial charge on any atom is -0.397 e. The number of rotatable bonds is 7. The number of aliphatic hydroxyl groups excluding tert-OH is 1. The summed E-state index contributed by atoms with van der Waals surface area (Å²) in [7, 11) is 1.58. The van der Waals surface area contributed by atoms with E-state index < -0.39 is 11.6 Å². The molecule has 0 saturated carbocycles. The number of hydrogen-bond donors (Lipinski definition) is 1. The van der Waals surface area contributed by atoms with Gasteiger partial charge in [0, 0.05) is 62.1 Å². The predicted molar refractivity (Wildman–Crippen MR) is 143 cm³/mol. The predicted octanol–water partition coefficient (Wildman–Crippen LogP) is 4.49. The molecule has 2 aromatic carbocycles. The molecule has 0 spiro atoms. The average Bonchev–Trinajstić information content (AvgIpc) is 3.43. The summed E-state index contributed by atoms with van der Waals surface area (Å²) < 4.78 is 34.9. The van der Waals surface area contributed by atoms with Crippen molar-refractivity contribution in [2.24, 2.45) is 0 Å². The molecule has 39 heavy (non-hydrogen) atoms. The molecular formula is C28H32F2N6O3. The fraction of sp³-hybridized carbons (Fsp3) is 0.393. The van der Waals surface area contributed by atoms with Gasteiger partial charge in [-0.05, 0) is 43.5 Å². The van der Waals surface area contributed by atoms with E-state index in [0.717, 1.165) is 18.7 Å². The van der Waals surface area contributed by atoms with Gasteiger partial charge in [0.2, 0.25) is 12.3 Å². The Morgan fingerprint density at radius 2 is 1.90 bits per heavy atom. The lowest BCUT2D eigenvalue weighted by molar-refractivity contribution is -0.117. The highest BCUT2D eigenvalue weighted by molar-refractivity contribution is 5.99. The lowest BCUT2D eigenvalue weighted by Crippen LogP contribution is -2.34. The molecule has 5 rings (SSSR count). The highest BCUT2D eigenvalue weighted by Gasteiger charge is 2.26. The summed E-state index contributed by atoms with van der Waals surface area (Å²) in [5.41, 5.74) is 1.91. The van der Waals surface area contributed by atoms with Crippen LogP contribution >= 0.6 is 0 Å². The summed E-state index contributed by atoms with van der Waals surface area (Å²) in [6.45, 7) is 5.45. The number of anilines is 1. The normalized spacial score (nSPS) is 13.7. The zero-order valence-electron chi connectivity index (χ0n) is 22.3. The van der Waals surface area contributed by atoms with E-state index in [1.54, 1.807) is 26.1 Å². The average molecular weight is 539 g/mol. The molecule has 206 valence electrons. The SMILES string of the molecule is CCO.CCc1nc(C2CCN(c3ncnc4c(-c5ccc(CN(C)C=O)c(F)c5)cc(F)cc34)CC2)no1. The fourth-order valence-electron chi connectivity index (χ4n) is 4.67. The quantitative estimate of drug-likeness (QED) is 0.343. The van der Waals surface area contributed by atoms with E-state index in [4.69, 9.17) is 9.63 Å². The van der Waals surface area contributed by atoms with Crippen LogP contribution in [0.1, 0.15) is 49.9 Å². The molecule has 0 atom stereocenters. The molecule has 2 aromatic heterocycles. The van der Waals surface area contributed by atoms with Crippen molar-refractivity contribution >= 4 is 23.1 Å². The maximum atomic E-state index is 14.8. The summed E-state index contributed by atoms with van der Waals surface area (Å²) in [6, 6.07) is 7.46. The first-order valence-corrected chi connectivity index (χ1v) is 12.9. The van der Waals surface area contributed by atoms with E-state index in [2.05, 4.69) is 25.0 Å². The summed E-state index contributed by atoms with van der Waals surface area (Å²) in [5.74, 6) is 1.29. The van der Waals surface area contributed by atoms with Gasteiger partial charge < -0.3 is 19.4 Å². The van der Waals surface area contributed by atoms with Crippen LogP contribution in [0, 0.1) is 11.6 Å². The molecule has 4 aromatic rings. The molecule has 1 fully saturated rings. The number of hydrogen-bond acceptors (Lipinski definition) is 8. The minimum absolute atomic E-state index is 0.144. The van der Waals surface area contributed by atoms with Gasteiger partial charge in [-0.1, -0.05) is 24.2 Å². The molecule has 1 aliphatic rings. The number of nitrogens with zero attached hydrogens (tertiary/aromatic N) is 6. The number of piperidine rings is 1. The second kappa shape index (κ2) is 12.7. The number of benzene rings is 2. The second-order valence-electron chi connectivity index (χ2n) is 9.35. The molecule has 11 heteroatoms. The fourth-order valence-corrected chi connectivity index (χ4v) is 4.67. The van der Waals surface area contributed by atoms with Crippen LogP contribution in [-0.2, 0) is 17.8 Å². The second-order valence-corrected chi connectivity index (χ2v) is 9.35. The zero-order valence-corrected chi connectivity index (χ0v) is 22.3. The topological polar surface area (TPSA) is 108 Å². The van der Waals surface area contributed by atoms with Crippen LogP contribution in [-0.4, -0.2) is 63.3 Å². The van der Waals surface area contributed by atoms with Crippen LogP contribution in [0.15, 0.2) is 41.2 Å². The summed E-state index contributed by atoms with van der Waals surface area (Å²) >= 11 is 0. The van der Waals surface area contributed by atoms with Crippen molar-refractivity contribution in [3.63, 3.8) is 0 Å². The largest absolute Gasteiger partial charge is 0.397 e. The van der Waals surface area contributed by atoms with Gasteiger partial charge in [0.1, 0.15) is 23.8 Å². The number of aryl methyl sites for hydroxylation is 1. The van der Waals surface area contributed by atoms with Crippen molar-refractivity contribution in [2.75, 3.05) is 31.6 Å². The maximum Gasteiger partial charge on any atom is 0.226 e. The van der Waals surface area contributed by atoms with Crippen molar-refractivity contribution in [3.8, 4) is 11.1 Å². The lowest BCUT2D eigenvalue weighted by atomic mass is 9.95. The van der Waals surface area contributed by atoms with Crippen LogP contribution < -0.4 is 4.90 Å². The van der Waals surface area contributed by atoms with Crippen molar-refractivity contribution in [1.82, 2.24) is 25.0 Å². The van der Waals surface area contributed by atoms with Gasteiger partial charge in [-0.3, -0.25) is 4.79 Å². The van der Waals surface area contributed by atoms with Crippen LogP contribution in [0.3, 0.4) is 0 Å². The number of aliphatic hydroxyl groups is 1. The molecule has 3 heterocycles. The van der Waals surface area contributed by atoms with Gasteiger partial charge in [0.25, 0.3) is 0 Å². The third-order valence-corrected chi connectivity index (χ3v) is 6.59. The van der Waals surface area contributed by atoms with Crippen molar-refractivity contribution < 1.29 is 23.2 Å². The number of fused-ring (bicyclic) bond motifs is 1. The third-order valence-electron chi connectivity index (χ3n) is 6.59. The summed E-state index contributed by atoms with van der Waals surface area (Å²) in [5, 5.41) is 12.3. The molecule has 0 bridgehead atoms. The number of amides is 1. The Bertz CT molecular complexity index is 1420. The highest BCUT2D eigenvalue weighted by Crippen LogP contribution is 2.35. The number of carbonyl (C=O) groups is 1.